The Bertz CT molecular complexity index is 408. The highest BCUT2D eigenvalue weighted by atomic mass is 32.1. The summed E-state index contributed by atoms with van der Waals surface area (Å²) in [7, 11) is 0. The number of thiophene rings is 1. The highest BCUT2D eigenvalue weighted by Crippen LogP contribution is 2.40. The first-order valence-corrected chi connectivity index (χ1v) is 7.50. The SMILES string of the molecule is CCC1(CNCc2ccc(C(=O)O)s2)CCCC1. The van der Waals surface area contributed by atoms with E-state index < -0.39 is 5.97 Å². The topological polar surface area (TPSA) is 49.3 Å². The number of carboxylic acids is 1. The van der Waals surface area contributed by atoms with Gasteiger partial charge in [-0.2, -0.15) is 0 Å². The van der Waals surface area contributed by atoms with Crippen LogP contribution in [0.3, 0.4) is 0 Å². The molecule has 100 valence electrons. The van der Waals surface area contributed by atoms with Crippen LogP contribution >= 0.6 is 11.3 Å². The van der Waals surface area contributed by atoms with E-state index in [9.17, 15) is 4.79 Å². The van der Waals surface area contributed by atoms with Crippen LogP contribution in [-0.4, -0.2) is 17.6 Å². The molecule has 0 saturated heterocycles. The standard InChI is InChI=1S/C14H21NO2S/c1-2-14(7-3-4-8-14)10-15-9-11-5-6-12(18-11)13(16)17/h5-6,15H,2-4,7-10H2,1H3,(H,16,17). The van der Waals surface area contributed by atoms with Crippen molar-refractivity contribution >= 4 is 17.3 Å². The summed E-state index contributed by atoms with van der Waals surface area (Å²) in [5.74, 6) is -0.827. The van der Waals surface area contributed by atoms with Gasteiger partial charge in [0, 0.05) is 18.0 Å². The average Bonchev–Trinajstić information content (AvgIpc) is 2.98. The molecule has 18 heavy (non-hydrogen) atoms. The quantitative estimate of drug-likeness (QED) is 0.829. The number of carboxylic acid groups (broad SMARTS) is 1. The molecule has 0 spiro atoms. The largest absolute Gasteiger partial charge is 0.477 e. The van der Waals surface area contributed by atoms with Gasteiger partial charge in [-0.1, -0.05) is 19.8 Å². The number of aromatic carboxylic acids is 1. The van der Waals surface area contributed by atoms with Crippen LogP contribution in [0.15, 0.2) is 12.1 Å². The number of hydrogen-bond acceptors (Lipinski definition) is 3. The van der Waals surface area contributed by atoms with Crippen molar-refractivity contribution in [2.24, 2.45) is 5.41 Å². The van der Waals surface area contributed by atoms with Crippen molar-refractivity contribution in [2.45, 2.75) is 45.6 Å². The van der Waals surface area contributed by atoms with Gasteiger partial charge in [0.1, 0.15) is 4.88 Å². The predicted molar refractivity (Wildman–Crippen MR) is 74.2 cm³/mol. The molecule has 1 saturated carbocycles. The molecule has 4 heteroatoms. The fourth-order valence-corrected chi connectivity index (χ4v) is 3.64. The van der Waals surface area contributed by atoms with E-state index in [0.29, 0.717) is 10.3 Å². The van der Waals surface area contributed by atoms with Gasteiger partial charge in [0.2, 0.25) is 0 Å². The van der Waals surface area contributed by atoms with Crippen molar-refractivity contribution in [3.8, 4) is 0 Å². The summed E-state index contributed by atoms with van der Waals surface area (Å²) in [5.41, 5.74) is 0.493. The van der Waals surface area contributed by atoms with E-state index in [1.807, 2.05) is 6.07 Å². The van der Waals surface area contributed by atoms with Crippen LogP contribution in [0.25, 0.3) is 0 Å². The maximum Gasteiger partial charge on any atom is 0.345 e. The van der Waals surface area contributed by atoms with Gasteiger partial charge >= 0.3 is 5.97 Å². The Morgan fingerprint density at radius 3 is 2.72 bits per heavy atom. The van der Waals surface area contributed by atoms with Crippen LogP contribution in [0, 0.1) is 5.41 Å². The molecule has 0 aromatic carbocycles. The Morgan fingerprint density at radius 1 is 1.44 bits per heavy atom. The molecule has 1 aromatic heterocycles. The second-order valence-corrected chi connectivity index (χ2v) is 6.40. The third-order valence-electron chi connectivity index (χ3n) is 4.09. The Balaban J connectivity index is 1.82. The first-order valence-electron chi connectivity index (χ1n) is 6.68. The predicted octanol–water partition coefficient (Wildman–Crippen LogP) is 3.51. The maximum atomic E-state index is 10.8. The molecule has 0 unspecified atom stereocenters. The molecule has 0 amide bonds. The van der Waals surface area contributed by atoms with Gasteiger partial charge < -0.3 is 10.4 Å². The first kappa shape index (κ1) is 13.6. The van der Waals surface area contributed by atoms with Crippen molar-refractivity contribution in [1.29, 1.82) is 0 Å². The smallest absolute Gasteiger partial charge is 0.345 e. The van der Waals surface area contributed by atoms with Gasteiger partial charge in [-0.05, 0) is 36.8 Å². The Morgan fingerprint density at radius 2 is 2.17 bits per heavy atom. The van der Waals surface area contributed by atoms with E-state index in [2.05, 4.69) is 12.2 Å². The molecule has 1 aliphatic rings. The molecule has 3 nitrogen and oxygen atoms in total. The minimum atomic E-state index is -0.827. The minimum Gasteiger partial charge on any atom is -0.477 e. The summed E-state index contributed by atoms with van der Waals surface area (Å²) < 4.78 is 0. The lowest BCUT2D eigenvalue weighted by Crippen LogP contribution is -2.31. The number of rotatable bonds is 6. The van der Waals surface area contributed by atoms with E-state index in [1.54, 1.807) is 6.07 Å². The van der Waals surface area contributed by atoms with Crippen LogP contribution in [0.2, 0.25) is 0 Å². The minimum absolute atomic E-state index is 0.429. The summed E-state index contributed by atoms with van der Waals surface area (Å²) in [5, 5.41) is 12.4. The first-order chi connectivity index (χ1) is 8.65. The zero-order valence-electron chi connectivity index (χ0n) is 10.9. The van der Waals surface area contributed by atoms with Gasteiger partial charge in [-0.3, -0.25) is 0 Å². The highest BCUT2D eigenvalue weighted by molar-refractivity contribution is 7.13. The zero-order valence-corrected chi connectivity index (χ0v) is 11.7. The molecule has 1 fully saturated rings. The van der Waals surface area contributed by atoms with E-state index in [1.165, 1.54) is 43.4 Å². The maximum absolute atomic E-state index is 10.8. The van der Waals surface area contributed by atoms with E-state index in [0.717, 1.165) is 18.0 Å². The molecule has 0 atom stereocenters. The molecule has 1 heterocycles. The van der Waals surface area contributed by atoms with Crippen molar-refractivity contribution in [3.63, 3.8) is 0 Å². The molecule has 1 aliphatic carbocycles. The van der Waals surface area contributed by atoms with Crippen molar-refractivity contribution < 1.29 is 9.90 Å². The lowest BCUT2D eigenvalue weighted by molar-refractivity contribution is 0.0702. The van der Waals surface area contributed by atoms with E-state index >= 15 is 0 Å². The molecular weight excluding hydrogens is 246 g/mol. The second kappa shape index (κ2) is 5.85. The lowest BCUT2D eigenvalue weighted by atomic mass is 9.83. The van der Waals surface area contributed by atoms with Crippen LogP contribution in [0.1, 0.15) is 53.6 Å². The Labute approximate surface area is 112 Å². The molecule has 0 radical (unpaired) electrons. The van der Waals surface area contributed by atoms with Crippen molar-refractivity contribution in [3.05, 3.63) is 21.9 Å². The summed E-state index contributed by atoms with van der Waals surface area (Å²) in [4.78, 5) is 12.3. The highest BCUT2D eigenvalue weighted by Gasteiger charge is 2.31. The summed E-state index contributed by atoms with van der Waals surface area (Å²) in [6, 6.07) is 3.60. The molecular formula is C14H21NO2S. The second-order valence-electron chi connectivity index (χ2n) is 5.24. The Kier molecular flexibility index (Phi) is 4.40. The number of hydrogen-bond donors (Lipinski definition) is 2. The van der Waals surface area contributed by atoms with Gasteiger partial charge in [0.05, 0.1) is 0 Å². The van der Waals surface area contributed by atoms with E-state index in [-0.39, 0.29) is 0 Å². The van der Waals surface area contributed by atoms with Gasteiger partial charge in [-0.25, -0.2) is 4.79 Å². The van der Waals surface area contributed by atoms with E-state index in [4.69, 9.17) is 5.11 Å². The number of nitrogens with one attached hydrogen (secondary N) is 1. The molecule has 0 aliphatic heterocycles. The summed E-state index contributed by atoms with van der Waals surface area (Å²) in [6.07, 6.45) is 6.63. The molecule has 0 bridgehead atoms. The van der Waals surface area contributed by atoms with Crippen LogP contribution in [-0.2, 0) is 6.54 Å². The fraction of sp³-hybridized carbons (Fsp3) is 0.643. The summed E-state index contributed by atoms with van der Waals surface area (Å²) >= 11 is 1.37. The van der Waals surface area contributed by atoms with Crippen LogP contribution in [0.5, 0.6) is 0 Å². The zero-order chi connectivity index (χ0) is 13.0. The monoisotopic (exact) mass is 267 g/mol. The third-order valence-corrected chi connectivity index (χ3v) is 5.16. The van der Waals surface area contributed by atoms with Crippen LogP contribution < -0.4 is 5.32 Å². The molecule has 2 rings (SSSR count). The normalized spacial score (nSPS) is 18.1. The average molecular weight is 267 g/mol. The third kappa shape index (κ3) is 3.12. The Hall–Kier alpha value is -0.870. The van der Waals surface area contributed by atoms with Crippen molar-refractivity contribution in [2.75, 3.05) is 6.54 Å². The van der Waals surface area contributed by atoms with Gasteiger partial charge in [-0.15, -0.1) is 11.3 Å². The molecule has 2 N–H and O–H groups in total. The van der Waals surface area contributed by atoms with Gasteiger partial charge in [0.25, 0.3) is 0 Å². The van der Waals surface area contributed by atoms with Crippen LogP contribution in [0.4, 0.5) is 0 Å². The summed E-state index contributed by atoms with van der Waals surface area (Å²) in [6.45, 7) is 4.13. The molecule has 1 aromatic rings. The van der Waals surface area contributed by atoms with Crippen molar-refractivity contribution in [1.82, 2.24) is 5.32 Å². The fourth-order valence-electron chi connectivity index (χ4n) is 2.82. The number of carbonyl (C=O) groups is 1. The van der Waals surface area contributed by atoms with Gasteiger partial charge in [0.15, 0.2) is 0 Å². The lowest BCUT2D eigenvalue weighted by Gasteiger charge is -2.27.